The molecule has 3 rings (SSSR count). The molecule has 15 heavy (non-hydrogen) atoms. The van der Waals surface area contributed by atoms with Crippen LogP contribution < -0.4 is 0 Å². The van der Waals surface area contributed by atoms with E-state index in [1.54, 1.807) is 10.7 Å². The van der Waals surface area contributed by atoms with Crippen LogP contribution >= 0.6 is 0 Å². The minimum atomic E-state index is 0.520. The van der Waals surface area contributed by atoms with Gasteiger partial charge in [0.1, 0.15) is 5.69 Å². The topological polar surface area (TPSA) is 47.3 Å². The highest BCUT2D eigenvalue weighted by molar-refractivity contribution is 5.73. The zero-order valence-electron chi connectivity index (χ0n) is 8.26. The molecular formula is C11H11N3O. The summed E-state index contributed by atoms with van der Waals surface area (Å²) >= 11 is 0. The first-order chi connectivity index (χ1) is 7.38. The molecule has 2 aromatic rings. The molecule has 76 valence electrons. The van der Waals surface area contributed by atoms with Crippen LogP contribution in [0, 0.1) is 0 Å². The number of aromatic nitrogens is 3. The lowest BCUT2D eigenvalue weighted by Crippen LogP contribution is -2.12. The quantitative estimate of drug-likeness (QED) is 0.696. The Kier molecular flexibility index (Phi) is 1.80. The fraction of sp³-hybridized carbons (Fsp3) is 0.364. The normalized spacial score (nSPS) is 16.5. The van der Waals surface area contributed by atoms with E-state index >= 15 is 0 Å². The van der Waals surface area contributed by atoms with Gasteiger partial charge in [0.25, 0.3) is 0 Å². The molecule has 2 heterocycles. The molecule has 0 unspecified atom stereocenters. The third-order valence-corrected chi connectivity index (χ3v) is 3.05. The maximum absolute atomic E-state index is 10.7. The molecule has 4 heteroatoms. The third kappa shape index (κ3) is 1.25. The summed E-state index contributed by atoms with van der Waals surface area (Å²) in [6.07, 6.45) is 6.06. The van der Waals surface area contributed by atoms with Crippen LogP contribution in [0.3, 0.4) is 0 Å². The molecule has 0 saturated heterocycles. The standard InChI is InChI=1S/C11H11N3O/c15-7-9-6-12-11-5-4-10(13-14(9)11)8-2-1-3-8/h4-8H,1-3H2. The predicted molar refractivity (Wildman–Crippen MR) is 55.0 cm³/mol. The van der Waals surface area contributed by atoms with Crippen molar-refractivity contribution in [2.75, 3.05) is 0 Å². The van der Waals surface area contributed by atoms with E-state index in [4.69, 9.17) is 0 Å². The van der Waals surface area contributed by atoms with Crippen molar-refractivity contribution >= 4 is 11.9 Å². The van der Waals surface area contributed by atoms with Crippen molar-refractivity contribution in [3.05, 3.63) is 29.7 Å². The van der Waals surface area contributed by atoms with Crippen molar-refractivity contribution in [3.8, 4) is 0 Å². The van der Waals surface area contributed by atoms with Gasteiger partial charge >= 0.3 is 0 Å². The summed E-state index contributed by atoms with van der Waals surface area (Å²) in [4.78, 5) is 14.8. The highest BCUT2D eigenvalue weighted by atomic mass is 16.1. The number of carbonyl (C=O) groups is 1. The molecule has 0 N–H and O–H groups in total. The van der Waals surface area contributed by atoms with E-state index in [0.29, 0.717) is 11.6 Å². The number of aldehydes is 1. The molecule has 0 bridgehead atoms. The van der Waals surface area contributed by atoms with Crippen LogP contribution in [0.5, 0.6) is 0 Å². The Morgan fingerprint density at radius 3 is 2.93 bits per heavy atom. The number of imidazole rings is 1. The number of carbonyl (C=O) groups excluding carboxylic acids is 1. The zero-order chi connectivity index (χ0) is 10.3. The minimum absolute atomic E-state index is 0.520. The average Bonchev–Trinajstić information content (AvgIpc) is 2.57. The van der Waals surface area contributed by atoms with E-state index in [9.17, 15) is 4.79 Å². The molecule has 1 saturated carbocycles. The molecule has 0 radical (unpaired) electrons. The molecule has 0 atom stereocenters. The van der Waals surface area contributed by atoms with Crippen molar-refractivity contribution in [2.24, 2.45) is 0 Å². The monoisotopic (exact) mass is 201 g/mol. The fourth-order valence-corrected chi connectivity index (χ4v) is 1.91. The highest BCUT2D eigenvalue weighted by Gasteiger charge is 2.21. The Morgan fingerprint density at radius 1 is 1.40 bits per heavy atom. The van der Waals surface area contributed by atoms with E-state index in [0.717, 1.165) is 17.6 Å². The van der Waals surface area contributed by atoms with Crippen LogP contribution in [-0.2, 0) is 0 Å². The van der Waals surface area contributed by atoms with Gasteiger partial charge in [0.05, 0.1) is 11.9 Å². The summed E-state index contributed by atoms with van der Waals surface area (Å²) in [5, 5.41) is 4.45. The van der Waals surface area contributed by atoms with Crippen LogP contribution in [0.25, 0.3) is 5.65 Å². The Labute approximate surface area is 86.9 Å². The van der Waals surface area contributed by atoms with Crippen LogP contribution in [0.2, 0.25) is 0 Å². The number of nitrogens with zero attached hydrogens (tertiary/aromatic N) is 3. The van der Waals surface area contributed by atoms with E-state index in [-0.39, 0.29) is 0 Å². The molecule has 0 aliphatic heterocycles. The van der Waals surface area contributed by atoms with Gasteiger partial charge in [-0.25, -0.2) is 9.50 Å². The van der Waals surface area contributed by atoms with Crippen molar-refractivity contribution in [1.82, 2.24) is 14.6 Å². The van der Waals surface area contributed by atoms with E-state index in [2.05, 4.69) is 10.1 Å². The molecule has 1 aliphatic carbocycles. The average molecular weight is 201 g/mol. The van der Waals surface area contributed by atoms with Crippen molar-refractivity contribution in [3.63, 3.8) is 0 Å². The second-order valence-corrected chi connectivity index (χ2v) is 3.96. The summed E-state index contributed by atoms with van der Waals surface area (Å²) < 4.78 is 1.63. The molecule has 0 amide bonds. The van der Waals surface area contributed by atoms with Crippen LogP contribution in [0.15, 0.2) is 18.3 Å². The zero-order valence-corrected chi connectivity index (χ0v) is 8.26. The smallest absolute Gasteiger partial charge is 0.170 e. The maximum Gasteiger partial charge on any atom is 0.170 e. The Hall–Kier alpha value is -1.71. The molecule has 4 nitrogen and oxygen atoms in total. The Bertz CT molecular complexity index is 514. The van der Waals surface area contributed by atoms with Crippen LogP contribution in [-0.4, -0.2) is 20.9 Å². The van der Waals surface area contributed by atoms with Gasteiger partial charge in [-0.2, -0.15) is 5.10 Å². The molecule has 1 aliphatic rings. The molecule has 2 aromatic heterocycles. The van der Waals surface area contributed by atoms with Gasteiger partial charge in [0.15, 0.2) is 11.9 Å². The van der Waals surface area contributed by atoms with Gasteiger partial charge in [0, 0.05) is 5.92 Å². The molecule has 1 fully saturated rings. The SMILES string of the molecule is O=Cc1cnc2ccc(C3CCC3)nn12. The summed E-state index contributed by atoms with van der Waals surface area (Å²) in [6, 6.07) is 3.94. The molecular weight excluding hydrogens is 190 g/mol. The lowest BCUT2D eigenvalue weighted by molar-refractivity contribution is 0.111. The Balaban J connectivity index is 2.13. The summed E-state index contributed by atoms with van der Waals surface area (Å²) in [5.74, 6) is 0.580. The number of hydrogen-bond donors (Lipinski definition) is 0. The van der Waals surface area contributed by atoms with Gasteiger partial charge < -0.3 is 0 Å². The Morgan fingerprint density at radius 2 is 2.27 bits per heavy atom. The van der Waals surface area contributed by atoms with E-state index in [1.165, 1.54) is 19.3 Å². The second kappa shape index (κ2) is 3.15. The largest absolute Gasteiger partial charge is 0.296 e. The van der Waals surface area contributed by atoms with Gasteiger partial charge in [-0.05, 0) is 25.0 Å². The van der Waals surface area contributed by atoms with Gasteiger partial charge in [0.2, 0.25) is 0 Å². The molecule has 0 aromatic carbocycles. The van der Waals surface area contributed by atoms with E-state index in [1.807, 2.05) is 12.1 Å². The predicted octanol–water partition coefficient (Wildman–Crippen LogP) is 1.81. The minimum Gasteiger partial charge on any atom is -0.296 e. The van der Waals surface area contributed by atoms with E-state index < -0.39 is 0 Å². The fourth-order valence-electron chi connectivity index (χ4n) is 1.91. The first kappa shape index (κ1) is 8.59. The first-order valence-electron chi connectivity index (χ1n) is 5.18. The summed E-state index contributed by atoms with van der Waals surface area (Å²) in [5.41, 5.74) is 2.33. The van der Waals surface area contributed by atoms with Gasteiger partial charge in [-0.15, -0.1) is 0 Å². The maximum atomic E-state index is 10.7. The summed E-state index contributed by atoms with van der Waals surface area (Å²) in [6.45, 7) is 0. The highest BCUT2D eigenvalue weighted by Crippen LogP contribution is 2.34. The van der Waals surface area contributed by atoms with Crippen molar-refractivity contribution in [1.29, 1.82) is 0 Å². The lowest BCUT2D eigenvalue weighted by atomic mass is 9.83. The first-order valence-corrected chi connectivity index (χ1v) is 5.18. The van der Waals surface area contributed by atoms with Crippen LogP contribution in [0.1, 0.15) is 41.4 Å². The van der Waals surface area contributed by atoms with Crippen molar-refractivity contribution < 1.29 is 4.79 Å². The number of rotatable bonds is 2. The second-order valence-electron chi connectivity index (χ2n) is 3.96. The number of fused-ring (bicyclic) bond motifs is 1. The summed E-state index contributed by atoms with van der Waals surface area (Å²) in [7, 11) is 0. The number of hydrogen-bond acceptors (Lipinski definition) is 3. The van der Waals surface area contributed by atoms with Crippen molar-refractivity contribution in [2.45, 2.75) is 25.2 Å². The third-order valence-electron chi connectivity index (χ3n) is 3.05. The van der Waals surface area contributed by atoms with Gasteiger partial charge in [-0.1, -0.05) is 6.42 Å². The lowest BCUT2D eigenvalue weighted by Gasteiger charge is -2.24. The van der Waals surface area contributed by atoms with Crippen LogP contribution in [0.4, 0.5) is 0 Å². The molecule has 0 spiro atoms. The van der Waals surface area contributed by atoms with Gasteiger partial charge in [-0.3, -0.25) is 4.79 Å².